The van der Waals surface area contributed by atoms with Crippen LogP contribution in [0.3, 0.4) is 0 Å². The predicted molar refractivity (Wildman–Crippen MR) is 206 cm³/mol. The predicted octanol–water partition coefficient (Wildman–Crippen LogP) is 11.8. The van der Waals surface area contributed by atoms with Gasteiger partial charge in [0.2, 0.25) is 0 Å². The van der Waals surface area contributed by atoms with Gasteiger partial charge in [-0.05, 0) is 77.3 Å². The summed E-state index contributed by atoms with van der Waals surface area (Å²) in [6.07, 6.45) is 3.41. The van der Waals surface area contributed by atoms with Crippen molar-refractivity contribution in [3.8, 4) is 45.3 Å². The van der Waals surface area contributed by atoms with Gasteiger partial charge >= 0.3 is 0 Å². The number of nitrogens with zero attached hydrogens (tertiary/aromatic N) is 2. The fourth-order valence-corrected chi connectivity index (χ4v) is 11.2. The number of benzene rings is 6. The Morgan fingerprint density at radius 1 is 0.588 bits per heavy atom. The summed E-state index contributed by atoms with van der Waals surface area (Å²) in [4.78, 5) is 12.3. The van der Waals surface area contributed by atoms with Crippen molar-refractivity contribution in [1.82, 2.24) is 9.97 Å². The van der Waals surface area contributed by atoms with Gasteiger partial charge in [0.1, 0.15) is 11.5 Å². The molecule has 0 saturated heterocycles. The van der Waals surface area contributed by atoms with Crippen molar-refractivity contribution < 1.29 is 4.74 Å². The zero-order valence-electron chi connectivity index (χ0n) is 28.0. The molecule has 244 valence electrons. The Balaban J connectivity index is 1.10. The SMILES string of the molecule is c1ccc(-c2cc(C3CCC4c5ccccc5SC4C3)nc(-c3cccc4c3Oc3ccccc3C43c4ccccc4-c4ccccc43)n2)cc1. The molecule has 3 unspecified atom stereocenters. The highest BCUT2D eigenvalue weighted by Crippen LogP contribution is 2.63. The number of rotatable bonds is 3. The number of ether oxygens (including phenoxy) is 1. The number of thioether (sulfide) groups is 1. The molecule has 6 aromatic carbocycles. The molecule has 0 radical (unpaired) electrons. The van der Waals surface area contributed by atoms with Gasteiger partial charge in [0.15, 0.2) is 5.82 Å². The van der Waals surface area contributed by atoms with Gasteiger partial charge in [0, 0.05) is 38.4 Å². The molecule has 4 heteroatoms. The third-order valence-electron chi connectivity index (χ3n) is 11.7. The van der Waals surface area contributed by atoms with Crippen molar-refractivity contribution in [2.24, 2.45) is 0 Å². The van der Waals surface area contributed by atoms with E-state index in [1.54, 1.807) is 0 Å². The quantitative estimate of drug-likeness (QED) is 0.187. The van der Waals surface area contributed by atoms with E-state index in [1.807, 2.05) is 0 Å². The Bertz CT molecular complexity index is 2460. The van der Waals surface area contributed by atoms with E-state index in [0.29, 0.717) is 17.1 Å². The lowest BCUT2D eigenvalue weighted by atomic mass is 9.66. The molecule has 0 bridgehead atoms. The molecule has 1 fully saturated rings. The van der Waals surface area contributed by atoms with E-state index in [2.05, 4.69) is 163 Å². The largest absolute Gasteiger partial charge is 0.456 e. The molecule has 3 heterocycles. The second-order valence-corrected chi connectivity index (χ2v) is 15.6. The van der Waals surface area contributed by atoms with Gasteiger partial charge in [0.25, 0.3) is 0 Å². The third-order valence-corrected chi connectivity index (χ3v) is 13.2. The lowest BCUT2D eigenvalue weighted by molar-refractivity contribution is 0.406. The highest BCUT2D eigenvalue weighted by molar-refractivity contribution is 8.00. The zero-order chi connectivity index (χ0) is 33.5. The van der Waals surface area contributed by atoms with E-state index < -0.39 is 5.41 Å². The average molecular weight is 675 g/mol. The first-order chi connectivity index (χ1) is 25.3. The van der Waals surface area contributed by atoms with E-state index in [-0.39, 0.29) is 0 Å². The molecule has 51 heavy (non-hydrogen) atoms. The van der Waals surface area contributed by atoms with Gasteiger partial charge in [-0.2, -0.15) is 0 Å². The fourth-order valence-electron chi connectivity index (χ4n) is 9.55. The topological polar surface area (TPSA) is 35.0 Å². The minimum atomic E-state index is -0.527. The number of aromatic nitrogens is 2. The van der Waals surface area contributed by atoms with Crippen molar-refractivity contribution in [2.45, 2.75) is 46.7 Å². The fraction of sp³-hybridized carbons (Fsp3) is 0.149. The Morgan fingerprint density at radius 2 is 1.25 bits per heavy atom. The summed E-state index contributed by atoms with van der Waals surface area (Å²) in [5, 5.41) is 0.575. The van der Waals surface area contributed by atoms with Crippen molar-refractivity contribution >= 4 is 11.8 Å². The van der Waals surface area contributed by atoms with Crippen LogP contribution >= 0.6 is 11.8 Å². The molecule has 1 aromatic heterocycles. The second kappa shape index (κ2) is 11.3. The zero-order valence-corrected chi connectivity index (χ0v) is 28.8. The van der Waals surface area contributed by atoms with Gasteiger partial charge in [-0.1, -0.05) is 127 Å². The third kappa shape index (κ3) is 4.26. The van der Waals surface area contributed by atoms with E-state index in [4.69, 9.17) is 14.7 Å². The summed E-state index contributed by atoms with van der Waals surface area (Å²) in [7, 11) is 0. The van der Waals surface area contributed by atoms with Crippen LogP contribution in [0.2, 0.25) is 0 Å². The Kier molecular flexibility index (Phi) is 6.48. The van der Waals surface area contributed by atoms with Gasteiger partial charge < -0.3 is 4.74 Å². The molecular weight excluding hydrogens is 641 g/mol. The van der Waals surface area contributed by atoms with Crippen molar-refractivity contribution in [1.29, 1.82) is 0 Å². The van der Waals surface area contributed by atoms with Gasteiger partial charge in [-0.15, -0.1) is 11.8 Å². The van der Waals surface area contributed by atoms with Crippen molar-refractivity contribution in [3.63, 3.8) is 0 Å². The van der Waals surface area contributed by atoms with Crippen LogP contribution in [-0.2, 0) is 5.41 Å². The van der Waals surface area contributed by atoms with Crippen LogP contribution in [0.5, 0.6) is 11.5 Å². The molecule has 0 N–H and O–H groups in total. The highest BCUT2D eigenvalue weighted by atomic mass is 32.2. The smallest absolute Gasteiger partial charge is 0.163 e. The van der Waals surface area contributed by atoms with Crippen LogP contribution in [0.4, 0.5) is 0 Å². The molecule has 1 spiro atoms. The Morgan fingerprint density at radius 3 is 2.08 bits per heavy atom. The molecule has 3 atom stereocenters. The van der Waals surface area contributed by atoms with Gasteiger partial charge in [-0.25, -0.2) is 9.97 Å². The van der Waals surface area contributed by atoms with Crippen LogP contribution in [0.15, 0.2) is 157 Å². The van der Waals surface area contributed by atoms with Crippen molar-refractivity contribution in [3.05, 3.63) is 185 Å². The Labute approximate surface area is 302 Å². The molecular formula is C47H34N2OS. The van der Waals surface area contributed by atoms with Gasteiger partial charge in [-0.3, -0.25) is 0 Å². The molecule has 4 aliphatic rings. The molecule has 3 nitrogen and oxygen atoms in total. The van der Waals surface area contributed by atoms with E-state index in [9.17, 15) is 0 Å². The van der Waals surface area contributed by atoms with E-state index >= 15 is 0 Å². The summed E-state index contributed by atoms with van der Waals surface area (Å²) in [6, 6.07) is 54.8. The minimum Gasteiger partial charge on any atom is -0.456 e. The number of fused-ring (bicyclic) bond motifs is 12. The maximum absolute atomic E-state index is 7.02. The van der Waals surface area contributed by atoms with Gasteiger partial charge in [0.05, 0.1) is 16.7 Å². The van der Waals surface area contributed by atoms with Crippen LogP contribution in [-0.4, -0.2) is 15.2 Å². The number of hydrogen-bond acceptors (Lipinski definition) is 4. The molecule has 2 aliphatic carbocycles. The Hall–Kier alpha value is -5.45. The summed E-state index contributed by atoms with van der Waals surface area (Å²) in [5.74, 6) is 3.42. The van der Waals surface area contributed by atoms with Crippen LogP contribution in [0.25, 0.3) is 33.8 Å². The van der Waals surface area contributed by atoms with Crippen LogP contribution in [0.1, 0.15) is 64.6 Å². The summed E-state index contributed by atoms with van der Waals surface area (Å²) in [6.45, 7) is 0. The molecule has 0 amide bonds. The minimum absolute atomic E-state index is 0.360. The molecule has 7 aromatic rings. The van der Waals surface area contributed by atoms with E-state index in [1.165, 1.54) is 44.7 Å². The first-order valence-corrected chi connectivity index (χ1v) is 19.0. The monoisotopic (exact) mass is 674 g/mol. The maximum atomic E-state index is 7.02. The maximum Gasteiger partial charge on any atom is 0.163 e. The number of para-hydroxylation sites is 2. The molecule has 11 rings (SSSR count). The first-order valence-electron chi connectivity index (χ1n) is 18.1. The van der Waals surface area contributed by atoms with Crippen LogP contribution in [0, 0.1) is 0 Å². The average Bonchev–Trinajstić information content (AvgIpc) is 3.72. The molecule has 1 saturated carbocycles. The van der Waals surface area contributed by atoms with Crippen LogP contribution < -0.4 is 4.74 Å². The van der Waals surface area contributed by atoms with Crippen molar-refractivity contribution in [2.75, 3.05) is 0 Å². The lowest BCUT2D eigenvalue weighted by Crippen LogP contribution is -2.32. The first kappa shape index (κ1) is 29.3. The summed E-state index contributed by atoms with van der Waals surface area (Å²) < 4.78 is 7.02. The lowest BCUT2D eigenvalue weighted by Gasteiger charge is -2.40. The standard InChI is InChI=1S/C47H34N2OS/c1-2-13-29(14-3-1)40-28-41(30-25-26-34-33-17-6-11-24-43(33)51-44(34)27-30)49-46(48-40)35-18-12-22-39-45(35)50-42-23-10-9-21-38(42)47(39)36-19-7-4-15-31(36)32-16-5-8-20-37(32)47/h1-24,28,30,34,44H,25-27H2. The summed E-state index contributed by atoms with van der Waals surface area (Å²) >= 11 is 2.07. The molecule has 2 aliphatic heterocycles. The normalized spacial score (nSPS) is 20.0. The second-order valence-electron chi connectivity index (χ2n) is 14.3. The summed E-state index contributed by atoms with van der Waals surface area (Å²) in [5.41, 5.74) is 12.5. The highest BCUT2D eigenvalue weighted by Gasteiger charge is 2.51. The number of hydrogen-bond donors (Lipinski definition) is 0. The van der Waals surface area contributed by atoms with E-state index in [0.717, 1.165) is 58.2 Å².